The maximum absolute atomic E-state index is 11.1. The van der Waals surface area contributed by atoms with Crippen LogP contribution in [0.3, 0.4) is 0 Å². The zero-order valence-electron chi connectivity index (χ0n) is 20.0. The fraction of sp³-hybridized carbons (Fsp3) is 0.520. The van der Waals surface area contributed by atoms with E-state index in [9.17, 15) is 8.42 Å². The average molecular weight is 511 g/mol. The van der Waals surface area contributed by atoms with E-state index in [1.54, 1.807) is 0 Å². The highest BCUT2D eigenvalue weighted by Crippen LogP contribution is 2.32. The Hall–Kier alpha value is -2.53. The van der Waals surface area contributed by atoms with Crippen LogP contribution in [0.5, 0.6) is 23.0 Å². The van der Waals surface area contributed by atoms with Crippen LogP contribution in [-0.2, 0) is 19.6 Å². The second-order valence-electron chi connectivity index (χ2n) is 8.20. The molecule has 1 aliphatic rings. The molecular weight excluding hydrogens is 476 g/mol. The van der Waals surface area contributed by atoms with E-state index in [4.69, 9.17) is 33.0 Å². The van der Waals surface area contributed by atoms with Gasteiger partial charge in [0.1, 0.15) is 32.0 Å². The molecule has 0 amide bonds. The van der Waals surface area contributed by atoms with Gasteiger partial charge in [-0.3, -0.25) is 4.55 Å². The van der Waals surface area contributed by atoms with E-state index < -0.39 is 15.7 Å². The Labute approximate surface area is 207 Å². The van der Waals surface area contributed by atoms with Gasteiger partial charge >= 0.3 is 0 Å². The van der Waals surface area contributed by atoms with Gasteiger partial charge in [0.2, 0.25) is 0 Å². The molecule has 2 aromatic carbocycles. The van der Waals surface area contributed by atoms with Crippen LogP contribution in [0, 0.1) is 0 Å². The molecule has 3 rings (SSSR count). The highest BCUT2D eigenvalue weighted by Gasteiger charge is 2.34. The minimum Gasteiger partial charge on any atom is -0.487 e. The molecule has 0 atom stereocenters. The first-order valence-corrected chi connectivity index (χ1v) is 13.4. The van der Waals surface area contributed by atoms with Crippen LogP contribution in [0.15, 0.2) is 48.5 Å². The summed E-state index contributed by atoms with van der Waals surface area (Å²) in [5, 5.41) is 0. The van der Waals surface area contributed by atoms with Crippen molar-refractivity contribution < 1.29 is 41.4 Å². The number of hydrogen-bond acceptors (Lipinski definition) is 8. The largest absolute Gasteiger partial charge is 0.487 e. The Bertz CT molecular complexity index is 954. The Balaban J connectivity index is 1.84. The average Bonchev–Trinajstić information content (AvgIpc) is 2.83. The van der Waals surface area contributed by atoms with Crippen molar-refractivity contribution in [1.82, 2.24) is 0 Å². The molecule has 0 unspecified atom stereocenters. The predicted molar refractivity (Wildman–Crippen MR) is 130 cm³/mol. The molecule has 2 aromatic rings. The number of benzene rings is 2. The fourth-order valence-corrected chi connectivity index (χ4v) is 4.13. The monoisotopic (exact) mass is 510 g/mol. The molecule has 1 heterocycles. The number of hydrogen-bond donors (Lipinski definition) is 1. The lowest BCUT2D eigenvalue weighted by Crippen LogP contribution is -2.45. The van der Waals surface area contributed by atoms with Crippen LogP contribution in [0.1, 0.15) is 26.2 Å². The third-order valence-corrected chi connectivity index (χ3v) is 6.12. The van der Waals surface area contributed by atoms with E-state index in [2.05, 4.69) is 0 Å². The molecule has 1 N–H and O–H groups in total. The maximum atomic E-state index is 11.1. The van der Waals surface area contributed by atoms with Gasteiger partial charge in [0.15, 0.2) is 23.0 Å². The highest BCUT2D eigenvalue weighted by molar-refractivity contribution is 7.85. The van der Waals surface area contributed by atoms with Crippen LogP contribution in [0.25, 0.3) is 0 Å². The van der Waals surface area contributed by atoms with E-state index in [0.29, 0.717) is 55.8 Å². The molecule has 0 aliphatic carbocycles. The smallest absolute Gasteiger partial charge is 0.264 e. The lowest BCUT2D eigenvalue weighted by molar-refractivity contribution is -0.103. The SMILES string of the molecule is CCCC1(OCCCS(=O)(=O)O)COc2ccccc2OCCOCCOc2ccccc2OC1. The summed E-state index contributed by atoms with van der Waals surface area (Å²) < 4.78 is 67.2. The summed E-state index contributed by atoms with van der Waals surface area (Å²) in [4.78, 5) is 0. The zero-order chi connectivity index (χ0) is 25.0. The highest BCUT2D eigenvalue weighted by atomic mass is 32.2. The Morgan fingerprint density at radius 1 is 0.829 bits per heavy atom. The van der Waals surface area contributed by atoms with Gasteiger partial charge in [-0.05, 0) is 37.1 Å². The summed E-state index contributed by atoms with van der Waals surface area (Å²) in [6, 6.07) is 14.7. The van der Waals surface area contributed by atoms with E-state index in [0.717, 1.165) is 6.42 Å². The van der Waals surface area contributed by atoms with Gasteiger partial charge in [-0.15, -0.1) is 0 Å². The van der Waals surface area contributed by atoms with Gasteiger partial charge in [-0.2, -0.15) is 8.42 Å². The van der Waals surface area contributed by atoms with Crippen molar-refractivity contribution in [2.75, 3.05) is 52.0 Å². The molecule has 9 nitrogen and oxygen atoms in total. The van der Waals surface area contributed by atoms with Crippen molar-refractivity contribution in [3.05, 3.63) is 48.5 Å². The molecule has 35 heavy (non-hydrogen) atoms. The van der Waals surface area contributed by atoms with Crippen LogP contribution in [0.4, 0.5) is 0 Å². The number of ether oxygens (including phenoxy) is 6. The summed E-state index contributed by atoms with van der Waals surface area (Å²) >= 11 is 0. The second-order valence-corrected chi connectivity index (χ2v) is 9.77. The van der Waals surface area contributed by atoms with E-state index in [1.165, 1.54) is 0 Å². The summed E-state index contributed by atoms with van der Waals surface area (Å²) in [6.45, 7) is 3.92. The lowest BCUT2D eigenvalue weighted by Gasteiger charge is -2.34. The molecule has 0 radical (unpaired) electrons. The number of fused-ring (bicyclic) bond motifs is 2. The van der Waals surface area contributed by atoms with Crippen molar-refractivity contribution in [3.63, 3.8) is 0 Å². The third-order valence-electron chi connectivity index (χ3n) is 5.31. The maximum Gasteiger partial charge on any atom is 0.264 e. The van der Waals surface area contributed by atoms with Crippen LogP contribution >= 0.6 is 0 Å². The van der Waals surface area contributed by atoms with Crippen LogP contribution in [0.2, 0.25) is 0 Å². The van der Waals surface area contributed by atoms with E-state index in [-0.39, 0.29) is 32.0 Å². The molecule has 0 bridgehead atoms. The minimum atomic E-state index is -4.07. The summed E-state index contributed by atoms with van der Waals surface area (Å²) in [7, 11) is -4.07. The molecule has 10 heteroatoms. The summed E-state index contributed by atoms with van der Waals surface area (Å²) in [5.41, 5.74) is -0.881. The Morgan fingerprint density at radius 3 is 1.77 bits per heavy atom. The first-order chi connectivity index (χ1) is 16.9. The summed E-state index contributed by atoms with van der Waals surface area (Å²) in [6.07, 6.45) is 1.51. The van der Waals surface area contributed by atoms with Gasteiger partial charge in [0, 0.05) is 6.61 Å². The minimum absolute atomic E-state index is 0.111. The molecular formula is C25H34O9S. The third kappa shape index (κ3) is 9.21. The Kier molecular flexibility index (Phi) is 10.5. The van der Waals surface area contributed by atoms with Gasteiger partial charge in [0.25, 0.3) is 10.1 Å². The van der Waals surface area contributed by atoms with Crippen molar-refractivity contribution >= 4 is 10.1 Å². The quantitative estimate of drug-likeness (QED) is 0.440. The topological polar surface area (TPSA) is 110 Å². The standard InChI is InChI=1S/C25H34O9S/c1-2-12-25(34-13-7-18-35(26,27)28)19-32-23-10-5-3-8-21(23)30-16-14-29-15-17-31-22-9-4-6-11-24(22)33-20-25/h3-6,8-11H,2,7,12-20H2,1H3,(H,26,27,28). The van der Waals surface area contributed by atoms with Crippen LogP contribution in [-0.4, -0.2) is 70.6 Å². The van der Waals surface area contributed by atoms with E-state index >= 15 is 0 Å². The zero-order valence-corrected chi connectivity index (χ0v) is 20.8. The molecule has 194 valence electrons. The lowest BCUT2D eigenvalue weighted by atomic mass is 9.99. The summed E-state index contributed by atoms with van der Waals surface area (Å²) in [5.74, 6) is 1.91. The molecule has 0 saturated carbocycles. The molecule has 0 spiro atoms. The van der Waals surface area contributed by atoms with Crippen molar-refractivity contribution in [2.45, 2.75) is 31.8 Å². The van der Waals surface area contributed by atoms with E-state index in [1.807, 2.05) is 55.5 Å². The first-order valence-electron chi connectivity index (χ1n) is 11.8. The van der Waals surface area contributed by atoms with Gasteiger partial charge < -0.3 is 28.4 Å². The first kappa shape index (κ1) is 27.1. The predicted octanol–water partition coefficient (Wildman–Crippen LogP) is 3.77. The van der Waals surface area contributed by atoms with Gasteiger partial charge in [0.05, 0.1) is 19.0 Å². The van der Waals surface area contributed by atoms with Crippen LogP contribution < -0.4 is 18.9 Å². The second kappa shape index (κ2) is 13.5. The molecule has 0 saturated heterocycles. The number of rotatable bonds is 7. The normalized spacial score (nSPS) is 17.0. The van der Waals surface area contributed by atoms with Gasteiger partial charge in [-0.25, -0.2) is 0 Å². The Morgan fingerprint density at radius 2 is 1.31 bits per heavy atom. The van der Waals surface area contributed by atoms with Gasteiger partial charge in [-0.1, -0.05) is 37.6 Å². The molecule has 1 aliphatic heterocycles. The van der Waals surface area contributed by atoms with Crippen molar-refractivity contribution in [1.29, 1.82) is 0 Å². The molecule has 0 aromatic heterocycles. The number of para-hydroxylation sites is 4. The van der Waals surface area contributed by atoms with Crippen molar-refractivity contribution in [3.8, 4) is 23.0 Å². The fourth-order valence-electron chi connectivity index (χ4n) is 3.65. The van der Waals surface area contributed by atoms with Crippen molar-refractivity contribution in [2.24, 2.45) is 0 Å². The molecule has 0 fully saturated rings.